The molecule has 0 radical (unpaired) electrons. The second kappa shape index (κ2) is 7.07. The van der Waals surface area contributed by atoms with Crippen LogP contribution in [0.4, 0.5) is 0 Å². The number of sulfone groups is 1. The van der Waals surface area contributed by atoms with E-state index in [9.17, 15) is 13.2 Å². The molecule has 2 aromatic carbocycles. The van der Waals surface area contributed by atoms with Crippen molar-refractivity contribution < 1.29 is 13.2 Å². The first kappa shape index (κ1) is 18.7. The molecule has 1 N–H and O–H groups in total. The minimum absolute atomic E-state index is 0.203. The van der Waals surface area contributed by atoms with Crippen molar-refractivity contribution in [2.45, 2.75) is 24.2 Å². The molecule has 0 aliphatic carbocycles. The van der Waals surface area contributed by atoms with Crippen molar-refractivity contribution >= 4 is 31.7 Å². The Hall–Kier alpha value is -1.66. The summed E-state index contributed by atoms with van der Waals surface area (Å²) in [4.78, 5) is 12.5. The number of carbonyl (C=O) groups excluding carboxylic acids is 1. The summed E-state index contributed by atoms with van der Waals surface area (Å²) < 4.78 is 23.9. The fourth-order valence-electron chi connectivity index (χ4n) is 2.26. The third kappa shape index (κ3) is 4.68. The van der Waals surface area contributed by atoms with Crippen molar-refractivity contribution in [1.29, 1.82) is 0 Å². The summed E-state index contributed by atoms with van der Waals surface area (Å²) in [6.45, 7) is 4.59. The maximum absolute atomic E-state index is 12.3. The van der Waals surface area contributed by atoms with Gasteiger partial charge in [0.2, 0.25) is 0 Å². The average Bonchev–Trinajstić information content (AvgIpc) is 2.52. The first-order valence-electron chi connectivity index (χ1n) is 7.44. The Kier molecular flexibility index (Phi) is 5.50. The molecule has 0 spiro atoms. The van der Waals surface area contributed by atoms with E-state index in [1.165, 1.54) is 24.3 Å². The lowest BCUT2D eigenvalue weighted by molar-refractivity contribution is 0.0945. The highest BCUT2D eigenvalue weighted by Crippen LogP contribution is 2.24. The lowest BCUT2D eigenvalue weighted by Crippen LogP contribution is -2.36. The largest absolute Gasteiger partial charge is 0.351 e. The molecule has 0 bridgehead atoms. The Bertz CT molecular complexity index is 826. The summed E-state index contributed by atoms with van der Waals surface area (Å²) in [7, 11) is -3.26. The lowest BCUT2D eigenvalue weighted by atomic mass is 9.84. The van der Waals surface area contributed by atoms with Crippen LogP contribution in [0.25, 0.3) is 0 Å². The molecule has 6 heteroatoms. The van der Waals surface area contributed by atoms with E-state index in [1.807, 2.05) is 24.3 Å². The van der Waals surface area contributed by atoms with Gasteiger partial charge >= 0.3 is 0 Å². The molecule has 0 aromatic heterocycles. The standard InChI is InChI=1S/C18H20BrNO3S/c1-18(2,14-6-8-15(19)9-7-14)12-20-17(21)13-4-10-16(11-5-13)24(3,22)23/h4-11H,12H2,1-3H3,(H,20,21). The molecule has 128 valence electrons. The third-order valence-electron chi connectivity index (χ3n) is 3.86. The highest BCUT2D eigenvalue weighted by molar-refractivity contribution is 9.10. The van der Waals surface area contributed by atoms with Gasteiger partial charge in [0.1, 0.15) is 0 Å². The minimum Gasteiger partial charge on any atom is -0.351 e. The molecule has 0 saturated heterocycles. The van der Waals surface area contributed by atoms with E-state index in [2.05, 4.69) is 35.1 Å². The van der Waals surface area contributed by atoms with Crippen LogP contribution in [0.1, 0.15) is 29.8 Å². The van der Waals surface area contributed by atoms with Crippen LogP contribution >= 0.6 is 15.9 Å². The van der Waals surface area contributed by atoms with Crippen LogP contribution in [0.3, 0.4) is 0 Å². The topological polar surface area (TPSA) is 63.2 Å². The molecule has 0 fully saturated rings. The Morgan fingerprint density at radius 3 is 2.08 bits per heavy atom. The van der Waals surface area contributed by atoms with Gasteiger partial charge in [-0.15, -0.1) is 0 Å². The van der Waals surface area contributed by atoms with Crippen LogP contribution in [0.15, 0.2) is 57.9 Å². The highest BCUT2D eigenvalue weighted by Gasteiger charge is 2.21. The van der Waals surface area contributed by atoms with E-state index in [-0.39, 0.29) is 16.2 Å². The van der Waals surface area contributed by atoms with Crippen LogP contribution in [0, 0.1) is 0 Å². The first-order valence-corrected chi connectivity index (χ1v) is 10.1. The molecule has 0 unspecified atom stereocenters. The molecule has 0 aliphatic heterocycles. The van der Waals surface area contributed by atoms with Crippen molar-refractivity contribution in [3.63, 3.8) is 0 Å². The van der Waals surface area contributed by atoms with Gasteiger partial charge in [-0.2, -0.15) is 0 Å². The number of carbonyl (C=O) groups is 1. The van der Waals surface area contributed by atoms with E-state index in [0.717, 1.165) is 16.3 Å². The number of rotatable bonds is 5. The maximum Gasteiger partial charge on any atom is 0.251 e. The van der Waals surface area contributed by atoms with Gasteiger partial charge in [-0.1, -0.05) is 41.9 Å². The normalized spacial score (nSPS) is 12.0. The zero-order chi connectivity index (χ0) is 18.0. The number of nitrogens with one attached hydrogen (secondary N) is 1. The van der Waals surface area contributed by atoms with E-state index >= 15 is 0 Å². The summed E-state index contributed by atoms with van der Waals surface area (Å²) in [6, 6.07) is 13.9. The number of hydrogen-bond acceptors (Lipinski definition) is 3. The predicted octanol–water partition coefficient (Wildman–Crippen LogP) is 3.56. The van der Waals surface area contributed by atoms with Gasteiger partial charge in [0.05, 0.1) is 4.90 Å². The summed E-state index contributed by atoms with van der Waals surface area (Å²) >= 11 is 3.41. The fraction of sp³-hybridized carbons (Fsp3) is 0.278. The molecule has 2 rings (SSSR count). The van der Waals surface area contributed by atoms with Crippen LogP contribution < -0.4 is 5.32 Å². The SMILES string of the molecule is CC(C)(CNC(=O)c1ccc(S(C)(=O)=O)cc1)c1ccc(Br)cc1. The van der Waals surface area contributed by atoms with Gasteiger partial charge in [0, 0.05) is 28.3 Å². The Balaban J connectivity index is 2.05. The summed E-state index contributed by atoms with van der Waals surface area (Å²) in [5.74, 6) is -0.222. The van der Waals surface area contributed by atoms with Gasteiger partial charge in [-0.25, -0.2) is 8.42 Å². The second-order valence-electron chi connectivity index (χ2n) is 6.37. The van der Waals surface area contributed by atoms with Crippen molar-refractivity contribution in [2.75, 3.05) is 12.8 Å². The molecular formula is C18H20BrNO3S. The maximum atomic E-state index is 12.3. The minimum atomic E-state index is -3.26. The van der Waals surface area contributed by atoms with Crippen LogP contribution in [-0.4, -0.2) is 27.1 Å². The molecule has 24 heavy (non-hydrogen) atoms. The molecule has 4 nitrogen and oxygen atoms in total. The van der Waals surface area contributed by atoms with Gasteiger partial charge in [0.25, 0.3) is 5.91 Å². The quantitative estimate of drug-likeness (QED) is 0.820. The fourth-order valence-corrected chi connectivity index (χ4v) is 3.15. The zero-order valence-electron chi connectivity index (χ0n) is 13.8. The number of benzene rings is 2. The Morgan fingerprint density at radius 1 is 1.04 bits per heavy atom. The number of amides is 1. The molecule has 0 atom stereocenters. The van der Waals surface area contributed by atoms with Crippen LogP contribution in [0.2, 0.25) is 0 Å². The van der Waals surface area contributed by atoms with E-state index < -0.39 is 9.84 Å². The Morgan fingerprint density at radius 2 is 1.58 bits per heavy atom. The zero-order valence-corrected chi connectivity index (χ0v) is 16.2. The smallest absolute Gasteiger partial charge is 0.251 e. The van der Waals surface area contributed by atoms with E-state index in [4.69, 9.17) is 0 Å². The van der Waals surface area contributed by atoms with Crippen molar-refractivity contribution in [3.05, 3.63) is 64.1 Å². The average molecular weight is 410 g/mol. The summed E-state index contributed by atoms with van der Waals surface area (Å²) in [5.41, 5.74) is 1.34. The Labute approximate surface area is 151 Å². The van der Waals surface area contributed by atoms with Crippen molar-refractivity contribution in [3.8, 4) is 0 Å². The lowest BCUT2D eigenvalue weighted by Gasteiger charge is -2.25. The molecule has 2 aromatic rings. The van der Waals surface area contributed by atoms with Crippen molar-refractivity contribution in [2.24, 2.45) is 0 Å². The molecule has 0 aliphatic rings. The van der Waals surface area contributed by atoms with E-state index in [0.29, 0.717) is 12.1 Å². The van der Waals surface area contributed by atoms with Gasteiger partial charge in [-0.05, 0) is 42.0 Å². The van der Waals surface area contributed by atoms with Crippen LogP contribution in [-0.2, 0) is 15.3 Å². The molecular weight excluding hydrogens is 390 g/mol. The number of halogens is 1. The summed E-state index contributed by atoms with van der Waals surface area (Å²) in [5, 5.41) is 2.91. The van der Waals surface area contributed by atoms with Crippen molar-refractivity contribution in [1.82, 2.24) is 5.32 Å². The summed E-state index contributed by atoms with van der Waals surface area (Å²) in [6.07, 6.45) is 1.14. The van der Waals surface area contributed by atoms with E-state index in [1.54, 1.807) is 0 Å². The van der Waals surface area contributed by atoms with Gasteiger partial charge in [-0.3, -0.25) is 4.79 Å². The predicted molar refractivity (Wildman–Crippen MR) is 99.1 cm³/mol. The highest BCUT2D eigenvalue weighted by atomic mass is 79.9. The van der Waals surface area contributed by atoms with Crippen LogP contribution in [0.5, 0.6) is 0 Å². The second-order valence-corrected chi connectivity index (χ2v) is 9.30. The molecule has 1 amide bonds. The van der Waals surface area contributed by atoms with Gasteiger partial charge < -0.3 is 5.32 Å². The first-order chi connectivity index (χ1) is 11.1. The molecule has 0 heterocycles. The van der Waals surface area contributed by atoms with Gasteiger partial charge in [0.15, 0.2) is 9.84 Å². The number of hydrogen-bond donors (Lipinski definition) is 1. The molecule has 0 saturated carbocycles. The third-order valence-corrected chi connectivity index (χ3v) is 5.52. The monoisotopic (exact) mass is 409 g/mol.